The van der Waals surface area contributed by atoms with Gasteiger partial charge in [-0.3, -0.25) is 4.79 Å². The summed E-state index contributed by atoms with van der Waals surface area (Å²) in [5, 5.41) is 13.5. The van der Waals surface area contributed by atoms with Gasteiger partial charge in [0.25, 0.3) is 0 Å². The van der Waals surface area contributed by atoms with Gasteiger partial charge in [-0.1, -0.05) is 19.9 Å². The van der Waals surface area contributed by atoms with Gasteiger partial charge in [-0.15, -0.1) is 11.3 Å². The second-order valence-corrected chi connectivity index (χ2v) is 3.43. The second kappa shape index (κ2) is 7.53. The summed E-state index contributed by atoms with van der Waals surface area (Å²) in [6.07, 6.45) is 0.136. The molecule has 1 heterocycles. The molecular formula is C10H17NO2S. The van der Waals surface area contributed by atoms with E-state index in [4.69, 9.17) is 5.11 Å². The Bertz CT molecular complexity index is 247. The molecule has 3 nitrogen and oxygen atoms in total. The van der Waals surface area contributed by atoms with E-state index in [1.807, 2.05) is 31.4 Å². The van der Waals surface area contributed by atoms with Crippen LogP contribution in [-0.2, 0) is 4.79 Å². The average Bonchev–Trinajstić information content (AvgIpc) is 2.70. The molecule has 0 bridgehead atoms. The number of hydrogen-bond donors (Lipinski definition) is 2. The highest BCUT2D eigenvalue weighted by molar-refractivity contribution is 7.10. The number of carboxylic acids is 1. The topological polar surface area (TPSA) is 49.3 Å². The van der Waals surface area contributed by atoms with Crippen LogP contribution in [0.4, 0.5) is 0 Å². The summed E-state index contributed by atoms with van der Waals surface area (Å²) in [6, 6.07) is 3.81. The van der Waals surface area contributed by atoms with Crippen molar-refractivity contribution < 1.29 is 9.90 Å². The average molecular weight is 215 g/mol. The lowest BCUT2D eigenvalue weighted by molar-refractivity contribution is -0.137. The van der Waals surface area contributed by atoms with Crippen molar-refractivity contribution in [2.24, 2.45) is 0 Å². The zero-order valence-corrected chi connectivity index (χ0v) is 9.60. The van der Waals surface area contributed by atoms with Crippen LogP contribution in [0, 0.1) is 0 Å². The molecule has 0 aliphatic rings. The van der Waals surface area contributed by atoms with Gasteiger partial charge in [0.1, 0.15) is 0 Å². The molecule has 1 aromatic rings. The van der Waals surface area contributed by atoms with Crippen molar-refractivity contribution >= 4 is 17.3 Å². The number of thiophene rings is 1. The number of carbonyl (C=O) groups is 1. The van der Waals surface area contributed by atoms with Crippen LogP contribution in [0.5, 0.6) is 0 Å². The Labute approximate surface area is 88.8 Å². The SMILES string of the molecule is CC.CNC(CC(=O)O)c1cccs1. The first-order valence-electron chi connectivity index (χ1n) is 4.66. The zero-order chi connectivity index (χ0) is 11.0. The highest BCUT2D eigenvalue weighted by atomic mass is 32.1. The fourth-order valence-corrected chi connectivity index (χ4v) is 1.85. The number of rotatable bonds is 4. The molecule has 0 radical (unpaired) electrons. The van der Waals surface area contributed by atoms with Gasteiger partial charge in [-0.05, 0) is 18.5 Å². The van der Waals surface area contributed by atoms with Crippen LogP contribution in [-0.4, -0.2) is 18.1 Å². The van der Waals surface area contributed by atoms with Gasteiger partial charge >= 0.3 is 5.97 Å². The van der Waals surface area contributed by atoms with Crippen molar-refractivity contribution in [2.45, 2.75) is 26.3 Å². The van der Waals surface area contributed by atoms with Crippen molar-refractivity contribution in [1.82, 2.24) is 5.32 Å². The summed E-state index contributed by atoms with van der Waals surface area (Å²) in [5.41, 5.74) is 0. The molecule has 0 aliphatic carbocycles. The van der Waals surface area contributed by atoms with E-state index in [2.05, 4.69) is 5.32 Å². The lowest BCUT2D eigenvalue weighted by Gasteiger charge is -2.10. The Kier molecular flexibility index (Phi) is 7.06. The van der Waals surface area contributed by atoms with Gasteiger partial charge in [0, 0.05) is 4.88 Å². The van der Waals surface area contributed by atoms with E-state index < -0.39 is 5.97 Å². The van der Waals surface area contributed by atoms with Crippen LogP contribution < -0.4 is 5.32 Å². The third kappa shape index (κ3) is 4.39. The molecule has 4 heteroatoms. The summed E-state index contributed by atoms with van der Waals surface area (Å²) >= 11 is 1.57. The zero-order valence-electron chi connectivity index (χ0n) is 8.78. The predicted molar refractivity (Wildman–Crippen MR) is 59.7 cm³/mol. The molecule has 0 saturated carbocycles. The molecule has 1 atom stereocenters. The maximum Gasteiger partial charge on any atom is 0.305 e. The third-order valence-corrected chi connectivity index (χ3v) is 2.60. The Morgan fingerprint density at radius 1 is 1.64 bits per heavy atom. The van der Waals surface area contributed by atoms with E-state index in [9.17, 15) is 4.79 Å². The quantitative estimate of drug-likeness (QED) is 0.811. The number of nitrogens with one attached hydrogen (secondary N) is 1. The molecule has 1 unspecified atom stereocenters. The van der Waals surface area contributed by atoms with E-state index in [1.54, 1.807) is 18.4 Å². The Morgan fingerprint density at radius 2 is 2.29 bits per heavy atom. The summed E-state index contributed by atoms with van der Waals surface area (Å²) in [5.74, 6) is -0.775. The molecule has 1 rings (SSSR count). The highest BCUT2D eigenvalue weighted by Gasteiger charge is 2.13. The van der Waals surface area contributed by atoms with E-state index >= 15 is 0 Å². The molecule has 0 saturated heterocycles. The minimum absolute atomic E-state index is 0.0532. The monoisotopic (exact) mass is 215 g/mol. The number of aliphatic carboxylic acids is 1. The summed E-state index contributed by atoms with van der Waals surface area (Å²) in [7, 11) is 1.77. The van der Waals surface area contributed by atoms with E-state index in [-0.39, 0.29) is 12.5 Å². The summed E-state index contributed by atoms with van der Waals surface area (Å²) in [6.45, 7) is 4.00. The lowest BCUT2D eigenvalue weighted by atomic mass is 10.2. The largest absolute Gasteiger partial charge is 0.481 e. The molecule has 80 valence electrons. The Morgan fingerprint density at radius 3 is 2.64 bits per heavy atom. The van der Waals surface area contributed by atoms with Gasteiger partial charge in [-0.2, -0.15) is 0 Å². The molecule has 1 aromatic heterocycles. The van der Waals surface area contributed by atoms with E-state index in [0.29, 0.717) is 0 Å². The molecule has 0 fully saturated rings. The summed E-state index contributed by atoms with van der Waals surface area (Å²) in [4.78, 5) is 11.5. The van der Waals surface area contributed by atoms with Gasteiger partial charge in [0.2, 0.25) is 0 Å². The van der Waals surface area contributed by atoms with Crippen LogP contribution in [0.1, 0.15) is 31.2 Å². The first-order chi connectivity index (χ1) is 6.74. The fourth-order valence-electron chi connectivity index (χ4n) is 1.01. The van der Waals surface area contributed by atoms with Gasteiger partial charge in [-0.25, -0.2) is 0 Å². The molecule has 0 aliphatic heterocycles. The first kappa shape index (κ1) is 13.1. The predicted octanol–water partition coefficient (Wildman–Crippen LogP) is 2.51. The van der Waals surface area contributed by atoms with Crippen molar-refractivity contribution in [3.8, 4) is 0 Å². The Hall–Kier alpha value is -0.870. The van der Waals surface area contributed by atoms with Crippen molar-refractivity contribution in [3.05, 3.63) is 22.4 Å². The molecule has 14 heavy (non-hydrogen) atoms. The second-order valence-electron chi connectivity index (χ2n) is 2.45. The molecule has 2 N–H and O–H groups in total. The molecule has 0 spiro atoms. The smallest absolute Gasteiger partial charge is 0.305 e. The van der Waals surface area contributed by atoms with Gasteiger partial charge in [0.05, 0.1) is 12.5 Å². The van der Waals surface area contributed by atoms with E-state index in [0.717, 1.165) is 4.88 Å². The van der Waals surface area contributed by atoms with E-state index in [1.165, 1.54) is 0 Å². The first-order valence-corrected chi connectivity index (χ1v) is 5.54. The Balaban J connectivity index is 0.000000791. The summed E-state index contributed by atoms with van der Waals surface area (Å²) < 4.78 is 0. The van der Waals surface area contributed by atoms with Crippen LogP contribution >= 0.6 is 11.3 Å². The normalized spacial score (nSPS) is 11.4. The van der Waals surface area contributed by atoms with Crippen molar-refractivity contribution in [1.29, 1.82) is 0 Å². The fraction of sp³-hybridized carbons (Fsp3) is 0.500. The van der Waals surface area contributed by atoms with Gasteiger partial charge in [0.15, 0.2) is 0 Å². The van der Waals surface area contributed by atoms with Crippen LogP contribution in [0.25, 0.3) is 0 Å². The maximum atomic E-state index is 10.4. The van der Waals surface area contributed by atoms with Crippen molar-refractivity contribution in [3.63, 3.8) is 0 Å². The third-order valence-electron chi connectivity index (χ3n) is 1.61. The number of hydrogen-bond acceptors (Lipinski definition) is 3. The van der Waals surface area contributed by atoms with Crippen LogP contribution in [0.3, 0.4) is 0 Å². The van der Waals surface area contributed by atoms with Crippen molar-refractivity contribution in [2.75, 3.05) is 7.05 Å². The number of carboxylic acid groups (broad SMARTS) is 1. The highest BCUT2D eigenvalue weighted by Crippen LogP contribution is 2.21. The van der Waals surface area contributed by atoms with Gasteiger partial charge < -0.3 is 10.4 Å². The maximum absolute atomic E-state index is 10.4. The standard InChI is InChI=1S/C8H11NO2S.C2H6/c1-9-6(5-8(10)11)7-3-2-4-12-7;1-2/h2-4,6,9H,5H2,1H3,(H,10,11);1-2H3. The molecular weight excluding hydrogens is 198 g/mol. The minimum atomic E-state index is -0.775. The van der Waals surface area contributed by atoms with Crippen LogP contribution in [0.15, 0.2) is 17.5 Å². The van der Waals surface area contributed by atoms with Crippen LogP contribution in [0.2, 0.25) is 0 Å². The molecule has 0 amide bonds. The minimum Gasteiger partial charge on any atom is -0.481 e. The lowest BCUT2D eigenvalue weighted by Crippen LogP contribution is -2.18. The molecule has 0 aromatic carbocycles.